The fourth-order valence-corrected chi connectivity index (χ4v) is 1.74. The number of hydrogen-bond donors (Lipinski definition) is 2. The molecule has 0 aliphatic carbocycles. The Kier molecular flexibility index (Phi) is 7.53. The number of hydrogen-bond acceptors (Lipinski definition) is 6. The van der Waals surface area contributed by atoms with Crippen molar-refractivity contribution >= 4 is 23.3 Å². The Morgan fingerprint density at radius 2 is 1.64 bits per heavy atom. The van der Waals surface area contributed by atoms with Crippen LogP contribution in [0.25, 0.3) is 0 Å². The van der Waals surface area contributed by atoms with Gasteiger partial charge in [0.05, 0.1) is 30.2 Å². The predicted molar refractivity (Wildman–Crippen MR) is 85.2 cm³/mol. The lowest BCUT2D eigenvalue weighted by atomic mass is 10.2. The van der Waals surface area contributed by atoms with Crippen LogP contribution in [0, 0.1) is 0 Å². The third-order valence-electron chi connectivity index (χ3n) is 3.01. The highest BCUT2D eigenvalue weighted by Gasteiger charge is 2.08. The van der Waals surface area contributed by atoms with Gasteiger partial charge >= 0.3 is 11.9 Å². The normalized spacial score (nSPS) is 10.0. The molecular weight excluding hydrogens is 284 g/mol. The second-order valence-electron chi connectivity index (χ2n) is 4.77. The van der Waals surface area contributed by atoms with E-state index in [9.17, 15) is 9.59 Å². The molecule has 0 bridgehead atoms. The third kappa shape index (κ3) is 6.30. The summed E-state index contributed by atoms with van der Waals surface area (Å²) in [5.41, 5.74) is 12.4. The standard InChI is InChI=1S/C16H22N2O4/c1-2-15(19)21-9-5-3-4-6-10-22-16(20)12-7-8-13(17)14(18)11-12/h2,7-8,11H,1,3-6,9-10,17-18H2. The van der Waals surface area contributed by atoms with Gasteiger partial charge in [-0.05, 0) is 43.9 Å². The number of nitrogen functional groups attached to an aromatic ring is 2. The topological polar surface area (TPSA) is 105 Å². The zero-order chi connectivity index (χ0) is 16.4. The van der Waals surface area contributed by atoms with Crippen LogP contribution in [0.2, 0.25) is 0 Å². The van der Waals surface area contributed by atoms with Gasteiger partial charge in [0.1, 0.15) is 0 Å². The fourth-order valence-electron chi connectivity index (χ4n) is 1.74. The molecule has 22 heavy (non-hydrogen) atoms. The van der Waals surface area contributed by atoms with Crippen molar-refractivity contribution in [2.75, 3.05) is 24.7 Å². The molecule has 0 aliphatic heterocycles. The zero-order valence-electron chi connectivity index (χ0n) is 12.5. The van der Waals surface area contributed by atoms with Crippen molar-refractivity contribution in [3.63, 3.8) is 0 Å². The van der Waals surface area contributed by atoms with Crippen molar-refractivity contribution in [1.29, 1.82) is 0 Å². The van der Waals surface area contributed by atoms with Gasteiger partial charge in [0.15, 0.2) is 0 Å². The molecule has 0 heterocycles. The minimum atomic E-state index is -0.411. The van der Waals surface area contributed by atoms with E-state index < -0.39 is 11.9 Å². The van der Waals surface area contributed by atoms with E-state index in [0.29, 0.717) is 30.2 Å². The molecule has 6 heteroatoms. The Balaban J connectivity index is 2.11. The Bertz CT molecular complexity index is 529. The van der Waals surface area contributed by atoms with E-state index >= 15 is 0 Å². The minimum absolute atomic E-state index is 0.343. The van der Waals surface area contributed by atoms with Crippen LogP contribution in [0.3, 0.4) is 0 Å². The Morgan fingerprint density at radius 1 is 1.00 bits per heavy atom. The van der Waals surface area contributed by atoms with Crippen LogP contribution in [-0.2, 0) is 14.3 Å². The maximum absolute atomic E-state index is 11.8. The molecular formula is C16H22N2O4. The Hall–Kier alpha value is -2.50. The molecule has 1 rings (SSSR count). The molecule has 0 aromatic heterocycles. The van der Waals surface area contributed by atoms with Gasteiger partial charge in [-0.25, -0.2) is 9.59 Å². The van der Waals surface area contributed by atoms with Crippen LogP contribution in [0.4, 0.5) is 11.4 Å². The molecule has 6 nitrogen and oxygen atoms in total. The molecule has 0 saturated heterocycles. The molecule has 0 aliphatic rings. The maximum Gasteiger partial charge on any atom is 0.338 e. The van der Waals surface area contributed by atoms with E-state index in [-0.39, 0.29) is 0 Å². The Labute approximate surface area is 130 Å². The fraction of sp³-hybridized carbons (Fsp3) is 0.375. The first-order valence-electron chi connectivity index (χ1n) is 7.16. The van der Waals surface area contributed by atoms with Gasteiger partial charge in [0.2, 0.25) is 0 Å². The SMILES string of the molecule is C=CC(=O)OCCCCCCOC(=O)c1ccc(N)c(N)c1. The third-order valence-corrected chi connectivity index (χ3v) is 3.01. The summed E-state index contributed by atoms with van der Waals surface area (Å²) in [5, 5.41) is 0. The first kappa shape index (κ1) is 17.6. The van der Waals surface area contributed by atoms with Gasteiger partial charge in [0, 0.05) is 6.08 Å². The molecule has 0 atom stereocenters. The van der Waals surface area contributed by atoms with E-state index in [4.69, 9.17) is 20.9 Å². The summed E-state index contributed by atoms with van der Waals surface area (Å²) < 4.78 is 10.0. The Morgan fingerprint density at radius 3 is 2.23 bits per heavy atom. The lowest BCUT2D eigenvalue weighted by Crippen LogP contribution is -2.08. The van der Waals surface area contributed by atoms with Crippen LogP contribution in [-0.4, -0.2) is 25.2 Å². The summed E-state index contributed by atoms with van der Waals surface area (Å²) >= 11 is 0. The van der Waals surface area contributed by atoms with Gasteiger partial charge in [-0.1, -0.05) is 6.58 Å². The van der Waals surface area contributed by atoms with Crippen LogP contribution < -0.4 is 11.5 Å². The molecule has 1 aromatic rings. The number of unbranched alkanes of at least 4 members (excludes halogenated alkanes) is 3. The van der Waals surface area contributed by atoms with Crippen LogP contribution in [0.15, 0.2) is 30.9 Å². The van der Waals surface area contributed by atoms with E-state index in [1.807, 2.05) is 0 Å². The molecule has 0 fully saturated rings. The molecule has 0 radical (unpaired) electrons. The van der Waals surface area contributed by atoms with Gasteiger partial charge in [-0.3, -0.25) is 0 Å². The first-order valence-corrected chi connectivity index (χ1v) is 7.16. The van der Waals surface area contributed by atoms with Gasteiger partial charge in [-0.15, -0.1) is 0 Å². The number of esters is 2. The number of carbonyl (C=O) groups excluding carboxylic acids is 2. The lowest BCUT2D eigenvalue weighted by Gasteiger charge is -2.07. The zero-order valence-corrected chi connectivity index (χ0v) is 12.5. The highest BCUT2D eigenvalue weighted by atomic mass is 16.5. The van der Waals surface area contributed by atoms with Crippen molar-refractivity contribution in [1.82, 2.24) is 0 Å². The molecule has 4 N–H and O–H groups in total. The average molecular weight is 306 g/mol. The summed E-state index contributed by atoms with van der Waals surface area (Å²) in [6.07, 6.45) is 4.47. The van der Waals surface area contributed by atoms with Crippen LogP contribution >= 0.6 is 0 Å². The van der Waals surface area contributed by atoms with E-state index in [2.05, 4.69) is 6.58 Å². The summed E-state index contributed by atoms with van der Waals surface area (Å²) in [6, 6.07) is 4.67. The van der Waals surface area contributed by atoms with Crippen LogP contribution in [0.5, 0.6) is 0 Å². The van der Waals surface area contributed by atoms with E-state index in [1.165, 1.54) is 6.07 Å². The molecule has 120 valence electrons. The minimum Gasteiger partial charge on any atom is -0.463 e. The van der Waals surface area contributed by atoms with Gasteiger partial charge in [-0.2, -0.15) is 0 Å². The summed E-state index contributed by atoms with van der Waals surface area (Å²) in [5.74, 6) is -0.816. The predicted octanol–water partition coefficient (Wildman–Crippen LogP) is 2.30. The van der Waals surface area contributed by atoms with Crippen molar-refractivity contribution < 1.29 is 19.1 Å². The van der Waals surface area contributed by atoms with Gasteiger partial charge in [0.25, 0.3) is 0 Å². The van der Waals surface area contributed by atoms with Crippen LogP contribution in [0.1, 0.15) is 36.0 Å². The second kappa shape index (κ2) is 9.44. The number of nitrogens with two attached hydrogens (primary N) is 2. The van der Waals surface area contributed by atoms with Gasteiger partial charge < -0.3 is 20.9 Å². The summed E-state index contributed by atoms with van der Waals surface area (Å²) in [4.78, 5) is 22.6. The summed E-state index contributed by atoms with van der Waals surface area (Å²) in [7, 11) is 0. The van der Waals surface area contributed by atoms with E-state index in [0.717, 1.165) is 31.8 Å². The highest BCUT2D eigenvalue weighted by molar-refractivity contribution is 5.91. The number of anilines is 2. The largest absolute Gasteiger partial charge is 0.463 e. The lowest BCUT2D eigenvalue weighted by molar-refractivity contribution is -0.137. The monoisotopic (exact) mass is 306 g/mol. The molecule has 0 amide bonds. The van der Waals surface area contributed by atoms with Crippen molar-refractivity contribution in [3.05, 3.63) is 36.4 Å². The van der Waals surface area contributed by atoms with E-state index in [1.54, 1.807) is 12.1 Å². The highest BCUT2D eigenvalue weighted by Crippen LogP contribution is 2.16. The summed E-state index contributed by atoms with van der Waals surface area (Å²) in [6.45, 7) is 4.04. The van der Waals surface area contributed by atoms with Crippen molar-refractivity contribution in [3.8, 4) is 0 Å². The molecule has 0 saturated carbocycles. The second-order valence-corrected chi connectivity index (χ2v) is 4.77. The number of rotatable bonds is 9. The number of ether oxygens (including phenoxy) is 2. The molecule has 1 aromatic carbocycles. The maximum atomic E-state index is 11.8. The van der Waals surface area contributed by atoms with Crippen molar-refractivity contribution in [2.45, 2.75) is 25.7 Å². The molecule has 0 unspecified atom stereocenters. The smallest absolute Gasteiger partial charge is 0.338 e. The first-order chi connectivity index (χ1) is 10.5. The molecule has 0 spiro atoms. The number of carbonyl (C=O) groups is 2. The van der Waals surface area contributed by atoms with Crippen molar-refractivity contribution in [2.24, 2.45) is 0 Å². The number of benzene rings is 1. The average Bonchev–Trinajstić information content (AvgIpc) is 2.51. The quantitative estimate of drug-likeness (QED) is 0.314.